The van der Waals surface area contributed by atoms with Crippen LogP contribution in [-0.2, 0) is 9.59 Å². The van der Waals surface area contributed by atoms with Gasteiger partial charge in [-0.3, -0.25) is 9.59 Å². The Bertz CT molecular complexity index is 168. The summed E-state index contributed by atoms with van der Waals surface area (Å²) in [7, 11) is 0. The van der Waals surface area contributed by atoms with Crippen molar-refractivity contribution >= 4 is 11.8 Å². The number of rotatable bonds is 6. The van der Waals surface area contributed by atoms with Crippen molar-refractivity contribution in [1.29, 1.82) is 0 Å². The summed E-state index contributed by atoms with van der Waals surface area (Å²) in [5.74, 6) is -1.17. The molecule has 0 aromatic rings. The first-order valence-electron chi connectivity index (χ1n) is 4.08. The number of carbonyl (C=O) groups is 2. The summed E-state index contributed by atoms with van der Waals surface area (Å²) in [5, 5.41) is 8.33. The van der Waals surface area contributed by atoms with Crippen LogP contribution in [-0.4, -0.2) is 22.9 Å². The molecule has 4 nitrogen and oxygen atoms in total. The molecule has 12 heavy (non-hydrogen) atoms. The molecule has 0 aliphatic heterocycles. The van der Waals surface area contributed by atoms with Crippen LogP contribution in [0, 0.1) is 0 Å². The third-order valence-electron chi connectivity index (χ3n) is 1.58. The lowest BCUT2D eigenvalue weighted by molar-refractivity contribution is -0.139. The average Bonchev–Trinajstić information content (AvgIpc) is 1.98. The van der Waals surface area contributed by atoms with Gasteiger partial charge in [0.25, 0.3) is 0 Å². The predicted molar refractivity (Wildman–Crippen MR) is 44.8 cm³/mol. The van der Waals surface area contributed by atoms with Crippen LogP contribution >= 0.6 is 0 Å². The SMILES string of the molecule is CCCCC(=O)[C@@H](N)CC(=O)O. The second kappa shape index (κ2) is 5.71. The van der Waals surface area contributed by atoms with Gasteiger partial charge in [-0.1, -0.05) is 13.3 Å². The molecule has 0 aliphatic carbocycles. The minimum absolute atomic E-state index is 0.153. The van der Waals surface area contributed by atoms with Crippen molar-refractivity contribution in [2.24, 2.45) is 5.73 Å². The van der Waals surface area contributed by atoms with Gasteiger partial charge in [-0.25, -0.2) is 0 Å². The highest BCUT2D eigenvalue weighted by Crippen LogP contribution is 2.00. The second-order valence-electron chi connectivity index (χ2n) is 2.77. The van der Waals surface area contributed by atoms with Crippen LogP contribution in [0.3, 0.4) is 0 Å². The lowest BCUT2D eigenvalue weighted by Crippen LogP contribution is -2.32. The molecule has 0 aromatic heterocycles. The summed E-state index contributed by atoms with van der Waals surface area (Å²) >= 11 is 0. The fraction of sp³-hybridized carbons (Fsp3) is 0.750. The largest absolute Gasteiger partial charge is 0.481 e. The van der Waals surface area contributed by atoms with Gasteiger partial charge in [0, 0.05) is 6.42 Å². The third kappa shape index (κ3) is 4.85. The molecule has 0 saturated carbocycles. The van der Waals surface area contributed by atoms with Crippen LogP contribution in [0.2, 0.25) is 0 Å². The molecule has 0 spiro atoms. The first kappa shape index (κ1) is 11.1. The van der Waals surface area contributed by atoms with E-state index in [4.69, 9.17) is 10.8 Å². The zero-order chi connectivity index (χ0) is 9.56. The maximum absolute atomic E-state index is 11.0. The molecule has 0 bridgehead atoms. The van der Waals surface area contributed by atoms with Gasteiger partial charge in [-0.05, 0) is 6.42 Å². The number of carbonyl (C=O) groups excluding carboxylic acids is 1. The molecule has 4 heteroatoms. The lowest BCUT2D eigenvalue weighted by atomic mass is 10.1. The van der Waals surface area contributed by atoms with E-state index < -0.39 is 12.0 Å². The number of nitrogens with two attached hydrogens (primary N) is 1. The Balaban J connectivity index is 3.69. The van der Waals surface area contributed by atoms with Gasteiger partial charge < -0.3 is 10.8 Å². The Morgan fingerprint density at radius 2 is 2.08 bits per heavy atom. The van der Waals surface area contributed by atoms with Crippen LogP contribution < -0.4 is 5.73 Å². The molecule has 0 amide bonds. The highest BCUT2D eigenvalue weighted by atomic mass is 16.4. The molecule has 0 aromatic carbocycles. The normalized spacial score (nSPS) is 12.5. The molecule has 0 fully saturated rings. The fourth-order valence-corrected chi connectivity index (χ4v) is 0.838. The second-order valence-corrected chi connectivity index (χ2v) is 2.77. The molecule has 1 atom stereocenters. The minimum atomic E-state index is -1.02. The van der Waals surface area contributed by atoms with Crippen LogP contribution in [0.5, 0.6) is 0 Å². The van der Waals surface area contributed by atoms with Crippen molar-refractivity contribution < 1.29 is 14.7 Å². The van der Waals surface area contributed by atoms with E-state index >= 15 is 0 Å². The molecule has 3 N–H and O–H groups in total. The maximum atomic E-state index is 11.0. The van der Waals surface area contributed by atoms with Gasteiger partial charge in [-0.2, -0.15) is 0 Å². The molecule has 0 radical (unpaired) electrons. The standard InChI is InChI=1S/C8H15NO3/c1-2-3-4-7(10)6(9)5-8(11)12/h6H,2-5,9H2,1H3,(H,11,12)/t6-/m0/s1. The topological polar surface area (TPSA) is 80.4 Å². The quantitative estimate of drug-likeness (QED) is 0.614. The molecule has 70 valence electrons. The predicted octanol–water partition coefficient (Wildman–Crippen LogP) is 0.548. The average molecular weight is 173 g/mol. The zero-order valence-corrected chi connectivity index (χ0v) is 7.25. The number of ketones is 1. The van der Waals surface area contributed by atoms with Crippen molar-refractivity contribution in [3.8, 4) is 0 Å². The lowest BCUT2D eigenvalue weighted by Gasteiger charge is -2.06. The summed E-state index contributed by atoms with van der Waals surface area (Å²) in [6, 6.07) is -0.825. The molecule has 0 aliphatic rings. The van der Waals surface area contributed by atoms with Crippen LogP contribution in [0.1, 0.15) is 32.6 Å². The number of hydrogen-bond acceptors (Lipinski definition) is 3. The van der Waals surface area contributed by atoms with Crippen molar-refractivity contribution in [3.63, 3.8) is 0 Å². The van der Waals surface area contributed by atoms with Gasteiger partial charge in [0.15, 0.2) is 0 Å². The highest BCUT2D eigenvalue weighted by Gasteiger charge is 2.15. The molecule has 0 heterocycles. The Hall–Kier alpha value is -0.900. The summed E-state index contributed by atoms with van der Waals surface area (Å²) in [6.45, 7) is 1.97. The summed E-state index contributed by atoms with van der Waals surface area (Å²) in [5.41, 5.74) is 5.33. The number of unbranched alkanes of at least 4 members (excludes halogenated alkanes) is 1. The fourth-order valence-electron chi connectivity index (χ4n) is 0.838. The minimum Gasteiger partial charge on any atom is -0.481 e. The van der Waals surface area contributed by atoms with Crippen LogP contribution in [0.15, 0.2) is 0 Å². The molecule has 0 unspecified atom stereocenters. The number of carboxylic acid groups (broad SMARTS) is 1. The van der Waals surface area contributed by atoms with Crippen molar-refractivity contribution in [1.82, 2.24) is 0 Å². The van der Waals surface area contributed by atoms with Gasteiger partial charge in [0.1, 0.15) is 5.78 Å². The Morgan fingerprint density at radius 1 is 1.50 bits per heavy atom. The smallest absolute Gasteiger partial charge is 0.305 e. The molecular weight excluding hydrogens is 158 g/mol. The van der Waals surface area contributed by atoms with Gasteiger partial charge in [-0.15, -0.1) is 0 Å². The van der Waals surface area contributed by atoms with E-state index in [1.165, 1.54) is 0 Å². The number of aliphatic carboxylic acids is 1. The van der Waals surface area contributed by atoms with E-state index in [2.05, 4.69) is 0 Å². The van der Waals surface area contributed by atoms with E-state index in [1.807, 2.05) is 6.92 Å². The van der Waals surface area contributed by atoms with Gasteiger partial charge >= 0.3 is 5.97 Å². The Labute approximate surface area is 71.8 Å². The Kier molecular flexibility index (Phi) is 5.28. The number of carboxylic acids is 1. The van der Waals surface area contributed by atoms with E-state index in [-0.39, 0.29) is 12.2 Å². The van der Waals surface area contributed by atoms with E-state index in [0.29, 0.717) is 6.42 Å². The summed E-state index contributed by atoms with van der Waals surface area (Å²) in [6.07, 6.45) is 1.84. The number of hydrogen-bond donors (Lipinski definition) is 2. The van der Waals surface area contributed by atoms with E-state index in [1.54, 1.807) is 0 Å². The van der Waals surface area contributed by atoms with E-state index in [9.17, 15) is 9.59 Å². The first-order chi connectivity index (χ1) is 5.57. The van der Waals surface area contributed by atoms with Gasteiger partial charge in [0.05, 0.1) is 12.5 Å². The molecule has 0 rings (SSSR count). The van der Waals surface area contributed by atoms with Crippen molar-refractivity contribution in [3.05, 3.63) is 0 Å². The van der Waals surface area contributed by atoms with E-state index in [0.717, 1.165) is 12.8 Å². The number of Topliss-reactive ketones (excluding diaryl/α,β-unsaturated/α-hetero) is 1. The summed E-state index contributed by atoms with van der Waals surface area (Å²) in [4.78, 5) is 21.2. The van der Waals surface area contributed by atoms with Crippen LogP contribution in [0.25, 0.3) is 0 Å². The highest BCUT2D eigenvalue weighted by molar-refractivity contribution is 5.87. The van der Waals surface area contributed by atoms with Crippen molar-refractivity contribution in [2.45, 2.75) is 38.6 Å². The molecular formula is C8H15NO3. The van der Waals surface area contributed by atoms with Gasteiger partial charge in [0.2, 0.25) is 0 Å². The maximum Gasteiger partial charge on any atom is 0.305 e. The van der Waals surface area contributed by atoms with Crippen molar-refractivity contribution in [2.75, 3.05) is 0 Å². The third-order valence-corrected chi connectivity index (χ3v) is 1.58. The first-order valence-corrected chi connectivity index (χ1v) is 4.08. The monoisotopic (exact) mass is 173 g/mol. The molecule has 0 saturated heterocycles. The Morgan fingerprint density at radius 3 is 2.50 bits per heavy atom. The summed E-state index contributed by atoms with van der Waals surface area (Å²) < 4.78 is 0. The zero-order valence-electron chi connectivity index (χ0n) is 7.25. The van der Waals surface area contributed by atoms with Crippen LogP contribution in [0.4, 0.5) is 0 Å².